The number of nitrogens with zero attached hydrogens (tertiary/aromatic N) is 2. The van der Waals surface area contributed by atoms with Gasteiger partial charge in [-0.2, -0.15) is 0 Å². The summed E-state index contributed by atoms with van der Waals surface area (Å²) < 4.78 is 5.10. The van der Waals surface area contributed by atoms with E-state index in [-0.39, 0.29) is 16.9 Å². The fourth-order valence-corrected chi connectivity index (χ4v) is 3.34. The highest BCUT2D eigenvalue weighted by atomic mass is 16.6. The maximum absolute atomic E-state index is 11.3. The van der Waals surface area contributed by atoms with Gasteiger partial charge in [0.1, 0.15) is 5.78 Å². The van der Waals surface area contributed by atoms with Gasteiger partial charge in [0, 0.05) is 49.2 Å². The molecule has 3 rings (SSSR count). The molecule has 1 saturated heterocycles. The van der Waals surface area contributed by atoms with Gasteiger partial charge in [0.15, 0.2) is 5.75 Å². The molecule has 0 amide bonds. The molecule has 21 heavy (non-hydrogen) atoms. The van der Waals surface area contributed by atoms with E-state index in [0.29, 0.717) is 18.6 Å². The fraction of sp³-hybridized carbons (Fsp3) is 0.533. The van der Waals surface area contributed by atoms with E-state index in [1.165, 1.54) is 13.2 Å². The summed E-state index contributed by atoms with van der Waals surface area (Å²) in [5.41, 5.74) is 1.20. The van der Waals surface area contributed by atoms with Gasteiger partial charge in [-0.15, -0.1) is 0 Å². The Labute approximate surface area is 122 Å². The summed E-state index contributed by atoms with van der Waals surface area (Å²) >= 11 is 0. The molecule has 6 nitrogen and oxygen atoms in total. The first-order valence-corrected chi connectivity index (χ1v) is 7.12. The standard InChI is InChI=1S/C15H18N2O4/c1-21-14-8-11(2-3-13(14)17(19)20)16-9-15(10-16)6-4-12(18)5-7-15/h2-3,8H,4-7,9-10H2,1H3. The van der Waals surface area contributed by atoms with Crippen LogP contribution in [0.3, 0.4) is 0 Å². The van der Waals surface area contributed by atoms with Gasteiger partial charge >= 0.3 is 5.69 Å². The predicted molar refractivity (Wildman–Crippen MR) is 77.8 cm³/mol. The van der Waals surface area contributed by atoms with Crippen molar-refractivity contribution in [2.45, 2.75) is 25.7 Å². The molecule has 0 aromatic heterocycles. The van der Waals surface area contributed by atoms with Crippen molar-refractivity contribution in [3.8, 4) is 5.75 Å². The molecule has 1 aliphatic carbocycles. The molecule has 1 spiro atoms. The number of hydrogen-bond acceptors (Lipinski definition) is 5. The topological polar surface area (TPSA) is 72.7 Å². The van der Waals surface area contributed by atoms with Crippen molar-refractivity contribution >= 4 is 17.2 Å². The van der Waals surface area contributed by atoms with Crippen molar-refractivity contribution in [2.75, 3.05) is 25.1 Å². The van der Waals surface area contributed by atoms with Crippen LogP contribution in [0.15, 0.2) is 18.2 Å². The van der Waals surface area contributed by atoms with Crippen LogP contribution >= 0.6 is 0 Å². The highest BCUT2D eigenvalue weighted by Gasteiger charge is 2.45. The third kappa shape index (κ3) is 2.46. The first kappa shape index (κ1) is 13.9. The molecule has 1 aromatic rings. The second-order valence-electron chi connectivity index (χ2n) is 6.01. The summed E-state index contributed by atoms with van der Waals surface area (Å²) in [7, 11) is 1.44. The van der Waals surface area contributed by atoms with Crippen LogP contribution in [0, 0.1) is 15.5 Å². The predicted octanol–water partition coefficient (Wildman–Crippen LogP) is 2.55. The summed E-state index contributed by atoms with van der Waals surface area (Å²) in [5.74, 6) is 0.661. The average Bonchev–Trinajstić information content (AvgIpc) is 2.45. The summed E-state index contributed by atoms with van der Waals surface area (Å²) in [6, 6.07) is 4.98. The lowest BCUT2D eigenvalue weighted by Gasteiger charge is -2.53. The molecule has 6 heteroatoms. The van der Waals surface area contributed by atoms with E-state index in [4.69, 9.17) is 4.74 Å². The fourth-order valence-electron chi connectivity index (χ4n) is 3.34. The van der Waals surface area contributed by atoms with Crippen LogP contribution in [0.4, 0.5) is 11.4 Å². The second kappa shape index (κ2) is 5.02. The molecule has 0 radical (unpaired) electrons. The molecule has 1 heterocycles. The highest BCUT2D eigenvalue weighted by molar-refractivity contribution is 5.79. The average molecular weight is 290 g/mol. The summed E-state index contributed by atoms with van der Waals surface area (Å²) in [4.78, 5) is 24.0. The minimum absolute atomic E-state index is 0.0141. The molecule has 0 N–H and O–H groups in total. The zero-order chi connectivity index (χ0) is 15.0. The minimum Gasteiger partial charge on any atom is -0.490 e. The van der Waals surface area contributed by atoms with Gasteiger partial charge in [-0.1, -0.05) is 0 Å². The third-order valence-electron chi connectivity index (χ3n) is 4.65. The maximum atomic E-state index is 11.3. The van der Waals surface area contributed by atoms with Gasteiger partial charge in [0.2, 0.25) is 0 Å². The van der Waals surface area contributed by atoms with Gasteiger partial charge in [-0.3, -0.25) is 14.9 Å². The molecule has 112 valence electrons. The number of hydrogen-bond donors (Lipinski definition) is 0. The molecule has 0 atom stereocenters. The van der Waals surface area contributed by atoms with Crippen LogP contribution in [0.1, 0.15) is 25.7 Å². The Morgan fingerprint density at radius 3 is 2.52 bits per heavy atom. The largest absolute Gasteiger partial charge is 0.490 e. The molecule has 0 unspecified atom stereocenters. The number of methoxy groups -OCH3 is 1. The number of carbonyl (C=O) groups excluding carboxylic acids is 1. The normalized spacial score (nSPS) is 20.2. The Balaban J connectivity index is 1.72. The van der Waals surface area contributed by atoms with E-state index < -0.39 is 4.92 Å². The quantitative estimate of drug-likeness (QED) is 0.632. The van der Waals surface area contributed by atoms with E-state index in [9.17, 15) is 14.9 Å². The van der Waals surface area contributed by atoms with E-state index in [1.807, 2.05) is 0 Å². The SMILES string of the molecule is COc1cc(N2CC3(CCC(=O)CC3)C2)ccc1[N+](=O)[O-]. The number of nitro benzene ring substituents is 1. The number of nitro groups is 1. The van der Waals surface area contributed by atoms with E-state index in [2.05, 4.69) is 4.90 Å². The van der Waals surface area contributed by atoms with Gasteiger partial charge in [0.25, 0.3) is 0 Å². The Morgan fingerprint density at radius 1 is 1.29 bits per heavy atom. The lowest BCUT2D eigenvalue weighted by molar-refractivity contribution is -0.385. The zero-order valence-corrected chi connectivity index (χ0v) is 12.0. The zero-order valence-electron chi connectivity index (χ0n) is 12.0. The van der Waals surface area contributed by atoms with Crippen LogP contribution in [-0.2, 0) is 4.79 Å². The molecule has 1 aromatic carbocycles. The van der Waals surface area contributed by atoms with E-state index in [0.717, 1.165) is 31.6 Å². The molecule has 1 aliphatic heterocycles. The summed E-state index contributed by atoms with van der Waals surface area (Å²) in [6.45, 7) is 1.84. The maximum Gasteiger partial charge on any atom is 0.311 e. The number of Topliss-reactive ketones (excluding diaryl/α,β-unsaturated/α-hetero) is 1. The summed E-state index contributed by atoms with van der Waals surface area (Å²) in [5, 5.41) is 10.9. The van der Waals surface area contributed by atoms with Crippen LogP contribution < -0.4 is 9.64 Å². The number of ether oxygens (including phenoxy) is 1. The Morgan fingerprint density at radius 2 is 1.95 bits per heavy atom. The second-order valence-corrected chi connectivity index (χ2v) is 6.01. The van der Waals surface area contributed by atoms with Crippen molar-refractivity contribution in [1.82, 2.24) is 0 Å². The van der Waals surface area contributed by atoms with Gasteiger partial charge in [-0.25, -0.2) is 0 Å². The van der Waals surface area contributed by atoms with Crippen LogP contribution in [0.25, 0.3) is 0 Å². The Hall–Kier alpha value is -2.11. The smallest absolute Gasteiger partial charge is 0.311 e. The van der Waals surface area contributed by atoms with Crippen molar-refractivity contribution in [2.24, 2.45) is 5.41 Å². The van der Waals surface area contributed by atoms with E-state index >= 15 is 0 Å². The third-order valence-corrected chi connectivity index (χ3v) is 4.65. The number of anilines is 1. The molecular weight excluding hydrogens is 272 g/mol. The molecule has 2 fully saturated rings. The van der Waals surface area contributed by atoms with Gasteiger partial charge < -0.3 is 9.64 Å². The van der Waals surface area contributed by atoms with Gasteiger partial charge in [-0.05, 0) is 18.9 Å². The number of rotatable bonds is 3. The summed E-state index contributed by atoms with van der Waals surface area (Å²) in [6.07, 6.45) is 3.31. The Bertz CT molecular complexity index is 581. The number of carbonyl (C=O) groups is 1. The van der Waals surface area contributed by atoms with Crippen molar-refractivity contribution in [3.63, 3.8) is 0 Å². The molecule has 0 bridgehead atoms. The van der Waals surface area contributed by atoms with Crippen LogP contribution in [0.2, 0.25) is 0 Å². The lowest BCUT2D eigenvalue weighted by Crippen LogP contribution is -2.57. The Kier molecular flexibility index (Phi) is 3.31. The molecule has 1 saturated carbocycles. The van der Waals surface area contributed by atoms with Crippen molar-refractivity contribution < 1.29 is 14.5 Å². The molecule has 2 aliphatic rings. The lowest BCUT2D eigenvalue weighted by atomic mass is 9.68. The van der Waals surface area contributed by atoms with Crippen LogP contribution in [0.5, 0.6) is 5.75 Å². The van der Waals surface area contributed by atoms with Crippen molar-refractivity contribution in [3.05, 3.63) is 28.3 Å². The number of ketones is 1. The highest BCUT2D eigenvalue weighted by Crippen LogP contribution is 2.45. The monoisotopic (exact) mass is 290 g/mol. The van der Waals surface area contributed by atoms with E-state index in [1.54, 1.807) is 12.1 Å². The first-order valence-electron chi connectivity index (χ1n) is 7.12. The van der Waals surface area contributed by atoms with Gasteiger partial charge in [0.05, 0.1) is 12.0 Å². The minimum atomic E-state index is -0.438. The first-order chi connectivity index (χ1) is 10.0. The van der Waals surface area contributed by atoms with Crippen molar-refractivity contribution in [1.29, 1.82) is 0 Å². The number of benzene rings is 1. The molecular formula is C15H18N2O4. The van der Waals surface area contributed by atoms with Crippen LogP contribution in [-0.4, -0.2) is 30.9 Å².